The second-order valence-corrected chi connectivity index (χ2v) is 5.36. The molecule has 0 bridgehead atoms. The second-order valence-electron chi connectivity index (χ2n) is 5.36. The minimum Gasteiger partial charge on any atom is -0.446 e. The van der Waals surface area contributed by atoms with Crippen LogP contribution in [0.25, 0.3) is 0 Å². The third kappa shape index (κ3) is 5.98. The van der Waals surface area contributed by atoms with Crippen molar-refractivity contribution in [1.82, 2.24) is 10.4 Å². The van der Waals surface area contributed by atoms with Crippen molar-refractivity contribution in [3.8, 4) is 0 Å². The molecule has 0 radical (unpaired) electrons. The van der Waals surface area contributed by atoms with Crippen molar-refractivity contribution in [3.63, 3.8) is 0 Å². The zero-order valence-electron chi connectivity index (χ0n) is 13.7. The Bertz CT molecular complexity index is 531. The first kappa shape index (κ1) is 18.5. The van der Waals surface area contributed by atoms with Crippen molar-refractivity contribution >= 4 is 18.5 Å². The van der Waals surface area contributed by atoms with Crippen molar-refractivity contribution in [1.29, 1.82) is 0 Å². The highest BCUT2D eigenvalue weighted by Gasteiger charge is 2.29. The number of amides is 2. The largest absolute Gasteiger partial charge is 0.446 e. The van der Waals surface area contributed by atoms with Crippen LogP contribution in [0.5, 0.6) is 0 Å². The molecule has 0 heterocycles. The van der Waals surface area contributed by atoms with Gasteiger partial charge >= 0.3 is 12.2 Å². The van der Waals surface area contributed by atoms with Crippen molar-refractivity contribution in [2.45, 2.75) is 45.9 Å². The topological polar surface area (TPSA) is 84.9 Å². The van der Waals surface area contributed by atoms with E-state index in [4.69, 9.17) is 9.47 Å². The highest BCUT2D eigenvalue weighted by atomic mass is 16.6. The zero-order valence-corrected chi connectivity index (χ0v) is 13.7. The van der Waals surface area contributed by atoms with Gasteiger partial charge in [0.2, 0.25) is 0 Å². The summed E-state index contributed by atoms with van der Waals surface area (Å²) < 4.78 is 10.0. The quantitative estimate of drug-likeness (QED) is 0.665. The number of carbonyl (C=O) groups is 3. The number of nitrogens with zero attached hydrogens (tertiary/aromatic N) is 1. The van der Waals surface area contributed by atoms with Gasteiger partial charge in [-0.2, -0.15) is 0 Å². The van der Waals surface area contributed by atoms with E-state index in [1.807, 2.05) is 0 Å². The van der Waals surface area contributed by atoms with Gasteiger partial charge < -0.3 is 14.3 Å². The summed E-state index contributed by atoms with van der Waals surface area (Å²) in [6.07, 6.45) is -1.92. The molecule has 1 aromatic rings. The van der Waals surface area contributed by atoms with Gasteiger partial charge in [-0.15, -0.1) is 0 Å². The number of hydrogen-bond donors (Lipinski definition) is 1. The van der Waals surface area contributed by atoms with Gasteiger partial charge in [0, 0.05) is 0 Å². The molecular formula is C16H22N2O5. The van der Waals surface area contributed by atoms with Crippen LogP contribution in [0.2, 0.25) is 0 Å². The number of carbonyl (C=O) groups excluding carboxylic acids is 3. The Kier molecular flexibility index (Phi) is 7.05. The molecule has 126 valence electrons. The van der Waals surface area contributed by atoms with E-state index in [2.05, 4.69) is 5.43 Å². The number of hydrogen-bond acceptors (Lipinski definition) is 5. The first-order valence-electron chi connectivity index (χ1n) is 7.32. The molecule has 0 spiro atoms. The molecule has 0 aromatic heterocycles. The number of ether oxygens (including phenoxy) is 2. The second kappa shape index (κ2) is 8.77. The molecule has 1 atom stereocenters. The minimum absolute atomic E-state index is 0.371. The lowest BCUT2D eigenvalue weighted by molar-refractivity contribution is -0.113. The van der Waals surface area contributed by atoms with Gasteiger partial charge in [0.15, 0.2) is 0 Å². The third-order valence-corrected chi connectivity index (χ3v) is 2.64. The number of hydrazine groups is 1. The summed E-state index contributed by atoms with van der Waals surface area (Å²) in [7, 11) is 0. The van der Waals surface area contributed by atoms with Crippen LogP contribution < -0.4 is 5.43 Å². The van der Waals surface area contributed by atoms with Gasteiger partial charge in [0.25, 0.3) is 0 Å². The van der Waals surface area contributed by atoms with Crippen LogP contribution in [0, 0.1) is 0 Å². The SMILES string of the molecule is CC(C)OC(=O)NN(C(=O)OC(C)C)[C@@H](C=O)c1ccccc1. The van der Waals surface area contributed by atoms with E-state index < -0.39 is 24.3 Å². The first-order valence-corrected chi connectivity index (χ1v) is 7.32. The Morgan fingerprint density at radius 1 is 1.04 bits per heavy atom. The summed E-state index contributed by atoms with van der Waals surface area (Å²) in [4.78, 5) is 35.5. The van der Waals surface area contributed by atoms with Gasteiger partial charge in [-0.25, -0.2) is 20.0 Å². The average molecular weight is 322 g/mol. The summed E-state index contributed by atoms with van der Waals surface area (Å²) in [5.41, 5.74) is 2.80. The molecule has 0 unspecified atom stereocenters. The minimum atomic E-state index is -1.03. The van der Waals surface area contributed by atoms with Gasteiger partial charge in [0.1, 0.15) is 12.3 Å². The standard InChI is InChI=1S/C16H22N2O5/c1-11(2)22-15(20)17-18(16(21)23-12(3)4)14(10-19)13-8-6-5-7-9-13/h5-12,14H,1-4H3,(H,17,20)/t14-/m0/s1. The third-order valence-electron chi connectivity index (χ3n) is 2.64. The summed E-state index contributed by atoms with van der Waals surface area (Å²) >= 11 is 0. The average Bonchev–Trinajstić information content (AvgIpc) is 2.46. The molecule has 1 aromatic carbocycles. The normalized spacial score (nSPS) is 11.7. The summed E-state index contributed by atoms with van der Waals surface area (Å²) in [6.45, 7) is 6.68. The summed E-state index contributed by atoms with van der Waals surface area (Å²) in [5.74, 6) is 0. The van der Waals surface area contributed by atoms with Crippen LogP contribution in [0.15, 0.2) is 30.3 Å². The van der Waals surface area contributed by atoms with E-state index in [1.165, 1.54) is 0 Å². The number of rotatable bonds is 5. The molecule has 0 fully saturated rings. The molecular weight excluding hydrogens is 300 g/mol. The van der Waals surface area contributed by atoms with E-state index in [1.54, 1.807) is 58.0 Å². The Hall–Kier alpha value is -2.57. The molecule has 1 rings (SSSR count). The summed E-state index contributed by atoms with van der Waals surface area (Å²) in [6, 6.07) is 7.55. The molecule has 7 nitrogen and oxygen atoms in total. The molecule has 0 aliphatic heterocycles. The number of benzene rings is 1. The van der Waals surface area contributed by atoms with Gasteiger partial charge in [-0.3, -0.25) is 0 Å². The summed E-state index contributed by atoms with van der Waals surface area (Å²) in [5, 5.41) is 0.826. The highest BCUT2D eigenvalue weighted by Crippen LogP contribution is 2.18. The molecule has 0 aliphatic carbocycles. The Morgan fingerprint density at radius 3 is 2.09 bits per heavy atom. The van der Waals surface area contributed by atoms with Crippen molar-refractivity contribution < 1.29 is 23.9 Å². The Balaban J connectivity index is 3.03. The smallest absolute Gasteiger partial charge is 0.430 e. The number of aldehydes is 1. The highest BCUT2D eigenvalue weighted by molar-refractivity contribution is 5.78. The Morgan fingerprint density at radius 2 is 1.61 bits per heavy atom. The van der Waals surface area contributed by atoms with E-state index >= 15 is 0 Å². The fourth-order valence-electron chi connectivity index (χ4n) is 1.76. The van der Waals surface area contributed by atoms with Gasteiger partial charge in [0.05, 0.1) is 12.2 Å². The predicted octanol–water partition coefficient (Wildman–Crippen LogP) is 2.82. The van der Waals surface area contributed by atoms with E-state index in [0.29, 0.717) is 11.8 Å². The lowest BCUT2D eigenvalue weighted by Crippen LogP contribution is -2.50. The van der Waals surface area contributed by atoms with Crippen molar-refractivity contribution in [3.05, 3.63) is 35.9 Å². The van der Waals surface area contributed by atoms with E-state index in [9.17, 15) is 14.4 Å². The lowest BCUT2D eigenvalue weighted by atomic mass is 10.1. The van der Waals surface area contributed by atoms with Crippen molar-refractivity contribution in [2.24, 2.45) is 0 Å². The van der Waals surface area contributed by atoms with Gasteiger partial charge in [-0.1, -0.05) is 30.3 Å². The lowest BCUT2D eigenvalue weighted by Gasteiger charge is -2.28. The van der Waals surface area contributed by atoms with Crippen LogP contribution in [0.1, 0.15) is 39.3 Å². The predicted molar refractivity (Wildman–Crippen MR) is 83.5 cm³/mol. The molecule has 0 aliphatic rings. The first-order chi connectivity index (χ1) is 10.8. The fraction of sp³-hybridized carbons (Fsp3) is 0.438. The maximum absolute atomic E-state index is 12.2. The molecule has 0 saturated heterocycles. The van der Waals surface area contributed by atoms with Crippen LogP contribution >= 0.6 is 0 Å². The molecule has 1 N–H and O–H groups in total. The molecule has 2 amide bonds. The monoisotopic (exact) mass is 322 g/mol. The molecule has 23 heavy (non-hydrogen) atoms. The van der Waals surface area contributed by atoms with Crippen molar-refractivity contribution in [2.75, 3.05) is 0 Å². The van der Waals surface area contributed by atoms with Crippen LogP contribution in [-0.2, 0) is 14.3 Å². The zero-order chi connectivity index (χ0) is 17.4. The van der Waals surface area contributed by atoms with Crippen LogP contribution in [0.4, 0.5) is 9.59 Å². The maximum atomic E-state index is 12.2. The fourth-order valence-corrected chi connectivity index (χ4v) is 1.76. The molecule has 0 saturated carbocycles. The van der Waals surface area contributed by atoms with Crippen LogP contribution in [-0.4, -0.2) is 35.7 Å². The Labute approximate surface area is 135 Å². The van der Waals surface area contributed by atoms with Gasteiger partial charge in [-0.05, 0) is 33.3 Å². The maximum Gasteiger partial charge on any atom is 0.430 e. The van der Waals surface area contributed by atoms with E-state index in [0.717, 1.165) is 5.01 Å². The molecule has 7 heteroatoms. The van der Waals surface area contributed by atoms with Crippen LogP contribution in [0.3, 0.4) is 0 Å². The van der Waals surface area contributed by atoms with E-state index in [-0.39, 0.29) is 6.10 Å². The number of nitrogens with one attached hydrogen (secondary N) is 1.